The fraction of sp³-hybridized carbons (Fsp3) is 1.00. The predicted octanol–water partition coefficient (Wildman–Crippen LogP) is 0.624. The van der Waals surface area contributed by atoms with Crippen LogP contribution in [0.3, 0.4) is 0 Å². The van der Waals surface area contributed by atoms with Gasteiger partial charge in [0.05, 0.1) is 0 Å². The van der Waals surface area contributed by atoms with Crippen molar-refractivity contribution in [1.82, 2.24) is 5.32 Å². The Hall–Kier alpha value is -0.120. The Balaban J connectivity index is 1.63. The molecule has 3 fully saturated rings. The van der Waals surface area contributed by atoms with Gasteiger partial charge in [0, 0.05) is 12.1 Å². The zero-order valence-corrected chi connectivity index (χ0v) is 7.78. The van der Waals surface area contributed by atoms with Crippen molar-refractivity contribution in [1.29, 1.82) is 0 Å². The van der Waals surface area contributed by atoms with Gasteiger partial charge in [0.2, 0.25) is 0 Å². The second kappa shape index (κ2) is 2.94. The van der Waals surface area contributed by atoms with E-state index in [1.54, 1.807) is 0 Å². The van der Waals surface area contributed by atoms with Gasteiger partial charge in [-0.05, 0) is 25.2 Å². The fourth-order valence-electron chi connectivity index (χ4n) is 3.02. The van der Waals surface area contributed by atoms with Crippen molar-refractivity contribution < 1.29 is 9.84 Å². The number of hydrogen-bond acceptors (Lipinski definition) is 3. The highest BCUT2D eigenvalue weighted by atomic mass is 16.7. The number of aliphatic hydroxyl groups is 1. The summed E-state index contributed by atoms with van der Waals surface area (Å²) < 4.78 is 5.10. The summed E-state index contributed by atoms with van der Waals surface area (Å²) in [7, 11) is 0. The average molecular weight is 183 g/mol. The Morgan fingerprint density at radius 1 is 1.15 bits per heavy atom. The minimum absolute atomic E-state index is 0.102. The summed E-state index contributed by atoms with van der Waals surface area (Å²) >= 11 is 0. The van der Waals surface area contributed by atoms with Gasteiger partial charge >= 0.3 is 0 Å². The Morgan fingerprint density at radius 3 is 2.62 bits per heavy atom. The van der Waals surface area contributed by atoms with Crippen LogP contribution in [0.4, 0.5) is 0 Å². The average Bonchev–Trinajstić information content (AvgIpc) is 2.74. The monoisotopic (exact) mass is 183 g/mol. The van der Waals surface area contributed by atoms with E-state index in [1.807, 2.05) is 0 Å². The molecular formula is C10H17NO2. The number of fused-ring (bicyclic) bond motifs is 1. The van der Waals surface area contributed by atoms with Crippen molar-refractivity contribution in [2.75, 3.05) is 0 Å². The smallest absolute Gasteiger partial charge is 0.183 e. The van der Waals surface area contributed by atoms with Crippen molar-refractivity contribution in [3.63, 3.8) is 0 Å². The SMILES string of the molecule is OC1OC1[C@@H]1C[C@@H]2CCCC[C@@H]2N1. The first-order valence-corrected chi connectivity index (χ1v) is 5.44. The zero-order chi connectivity index (χ0) is 8.84. The normalized spacial score (nSPS) is 54.7. The number of hydrogen-bond donors (Lipinski definition) is 2. The molecule has 0 aromatic heterocycles. The highest BCUT2D eigenvalue weighted by molar-refractivity contribution is 5.00. The highest BCUT2D eigenvalue weighted by Crippen LogP contribution is 2.38. The van der Waals surface area contributed by atoms with Crippen LogP contribution < -0.4 is 5.32 Å². The summed E-state index contributed by atoms with van der Waals surface area (Å²) in [5.41, 5.74) is 0. The fourth-order valence-corrected chi connectivity index (χ4v) is 3.02. The van der Waals surface area contributed by atoms with Gasteiger partial charge in [-0.1, -0.05) is 12.8 Å². The van der Waals surface area contributed by atoms with E-state index in [9.17, 15) is 0 Å². The molecule has 0 spiro atoms. The third kappa shape index (κ3) is 1.39. The number of nitrogens with one attached hydrogen (secondary N) is 1. The Kier molecular flexibility index (Phi) is 1.86. The molecule has 2 heterocycles. The molecule has 3 nitrogen and oxygen atoms in total. The van der Waals surface area contributed by atoms with E-state index in [0.717, 1.165) is 12.0 Å². The zero-order valence-electron chi connectivity index (χ0n) is 7.78. The first kappa shape index (κ1) is 8.21. The maximum absolute atomic E-state index is 9.16. The quantitative estimate of drug-likeness (QED) is 0.586. The lowest BCUT2D eigenvalue weighted by Gasteiger charge is -2.24. The van der Waals surface area contributed by atoms with Crippen LogP contribution in [0.25, 0.3) is 0 Å². The number of rotatable bonds is 1. The molecule has 1 saturated carbocycles. The highest BCUT2D eigenvalue weighted by Gasteiger charge is 2.49. The van der Waals surface area contributed by atoms with E-state index in [1.165, 1.54) is 32.1 Å². The van der Waals surface area contributed by atoms with E-state index in [-0.39, 0.29) is 6.10 Å². The maximum Gasteiger partial charge on any atom is 0.183 e. The molecule has 1 aliphatic carbocycles. The van der Waals surface area contributed by atoms with E-state index in [4.69, 9.17) is 9.84 Å². The minimum Gasteiger partial charge on any atom is -0.366 e. The topological polar surface area (TPSA) is 44.8 Å². The summed E-state index contributed by atoms with van der Waals surface area (Å²) in [6, 6.07) is 1.15. The van der Waals surface area contributed by atoms with Crippen LogP contribution in [0.5, 0.6) is 0 Å². The third-order valence-corrected chi connectivity index (χ3v) is 3.79. The molecule has 2 N–H and O–H groups in total. The van der Waals surface area contributed by atoms with Gasteiger partial charge in [-0.15, -0.1) is 0 Å². The number of aliphatic hydroxyl groups excluding tert-OH is 1. The molecule has 0 amide bonds. The lowest BCUT2D eigenvalue weighted by molar-refractivity contribution is 0.155. The minimum atomic E-state index is -0.474. The molecule has 0 aromatic carbocycles. The predicted molar refractivity (Wildman–Crippen MR) is 48.2 cm³/mol. The number of epoxide rings is 1. The Bertz CT molecular complexity index is 195. The van der Waals surface area contributed by atoms with Crippen LogP contribution in [0.1, 0.15) is 32.1 Å². The molecular weight excluding hydrogens is 166 g/mol. The van der Waals surface area contributed by atoms with E-state index in [2.05, 4.69) is 5.32 Å². The van der Waals surface area contributed by atoms with Crippen molar-refractivity contribution >= 4 is 0 Å². The molecule has 13 heavy (non-hydrogen) atoms. The van der Waals surface area contributed by atoms with Crippen LogP contribution >= 0.6 is 0 Å². The molecule has 2 saturated heterocycles. The maximum atomic E-state index is 9.16. The first-order valence-electron chi connectivity index (χ1n) is 5.44. The summed E-state index contributed by atoms with van der Waals surface area (Å²) in [4.78, 5) is 0. The largest absolute Gasteiger partial charge is 0.366 e. The van der Waals surface area contributed by atoms with E-state index in [0.29, 0.717) is 6.04 Å². The molecule has 0 bridgehead atoms. The second-order valence-electron chi connectivity index (χ2n) is 4.65. The van der Waals surface area contributed by atoms with Gasteiger partial charge in [0.1, 0.15) is 6.10 Å². The Labute approximate surface area is 78.5 Å². The van der Waals surface area contributed by atoms with Gasteiger partial charge in [-0.25, -0.2) is 0 Å². The third-order valence-electron chi connectivity index (χ3n) is 3.79. The van der Waals surface area contributed by atoms with Crippen LogP contribution in [-0.4, -0.2) is 29.6 Å². The van der Waals surface area contributed by atoms with Gasteiger partial charge < -0.3 is 15.2 Å². The van der Waals surface area contributed by atoms with Crippen LogP contribution in [0.15, 0.2) is 0 Å². The standard InChI is InChI=1S/C10H17NO2/c12-10-9(13-10)8-5-6-3-1-2-4-7(6)11-8/h6-12H,1-5H2/t6-,7-,8-,9?,10?/m0/s1. The Morgan fingerprint density at radius 2 is 1.92 bits per heavy atom. The van der Waals surface area contributed by atoms with Gasteiger partial charge in [-0.3, -0.25) is 0 Å². The molecule has 0 aromatic rings. The molecule has 0 radical (unpaired) electrons. The van der Waals surface area contributed by atoms with Gasteiger partial charge in [0.15, 0.2) is 6.29 Å². The van der Waals surface area contributed by atoms with Gasteiger partial charge in [0.25, 0.3) is 0 Å². The molecule has 3 heteroatoms. The molecule has 74 valence electrons. The molecule has 2 aliphatic heterocycles. The number of ether oxygens (including phenoxy) is 1. The van der Waals surface area contributed by atoms with Crippen molar-refractivity contribution in [2.45, 2.75) is 56.6 Å². The first-order chi connectivity index (χ1) is 6.34. The van der Waals surface area contributed by atoms with Crippen molar-refractivity contribution in [3.8, 4) is 0 Å². The summed E-state index contributed by atoms with van der Waals surface area (Å²) in [6.07, 6.45) is 6.30. The van der Waals surface area contributed by atoms with Crippen LogP contribution in [0, 0.1) is 5.92 Å². The lowest BCUT2D eigenvalue weighted by Crippen LogP contribution is -2.36. The van der Waals surface area contributed by atoms with E-state index >= 15 is 0 Å². The summed E-state index contributed by atoms with van der Waals surface area (Å²) in [5.74, 6) is 0.857. The van der Waals surface area contributed by atoms with Crippen LogP contribution in [-0.2, 0) is 4.74 Å². The lowest BCUT2D eigenvalue weighted by atomic mass is 9.85. The van der Waals surface area contributed by atoms with Crippen LogP contribution in [0.2, 0.25) is 0 Å². The van der Waals surface area contributed by atoms with E-state index < -0.39 is 6.29 Å². The van der Waals surface area contributed by atoms with Gasteiger partial charge in [-0.2, -0.15) is 0 Å². The molecule has 2 unspecified atom stereocenters. The van der Waals surface area contributed by atoms with Crippen molar-refractivity contribution in [2.24, 2.45) is 5.92 Å². The second-order valence-corrected chi connectivity index (χ2v) is 4.65. The molecule has 3 aliphatic rings. The summed E-state index contributed by atoms with van der Waals surface area (Å²) in [5, 5.41) is 12.8. The van der Waals surface area contributed by atoms with Crippen molar-refractivity contribution in [3.05, 3.63) is 0 Å². The summed E-state index contributed by atoms with van der Waals surface area (Å²) in [6.45, 7) is 0. The molecule has 5 atom stereocenters. The molecule has 3 rings (SSSR count).